The predicted molar refractivity (Wildman–Crippen MR) is 65.3 cm³/mol. The van der Waals surface area contributed by atoms with E-state index in [-0.39, 0.29) is 12.4 Å². The second-order valence-electron chi connectivity index (χ2n) is 3.75. The fraction of sp³-hybridized carbons (Fsp3) is 0.333. The second-order valence-corrected chi connectivity index (χ2v) is 3.75. The van der Waals surface area contributed by atoms with Crippen LogP contribution in [0.3, 0.4) is 0 Å². The fourth-order valence-corrected chi connectivity index (χ4v) is 1.98. The van der Waals surface area contributed by atoms with Crippen LogP contribution in [0.1, 0.15) is 12.0 Å². The van der Waals surface area contributed by atoms with Gasteiger partial charge in [0.15, 0.2) is 11.5 Å². The number of ether oxygens (including phenoxy) is 2. The Kier molecular flexibility index (Phi) is 3.36. The van der Waals surface area contributed by atoms with Gasteiger partial charge in [0.1, 0.15) is 0 Å². The van der Waals surface area contributed by atoms with Crippen LogP contribution in [0.25, 0.3) is 5.57 Å². The first-order chi connectivity index (χ1) is 7.43. The van der Waals surface area contributed by atoms with Gasteiger partial charge in [0, 0.05) is 6.54 Å². The minimum Gasteiger partial charge on any atom is -0.454 e. The van der Waals surface area contributed by atoms with Crippen LogP contribution in [0, 0.1) is 0 Å². The van der Waals surface area contributed by atoms with Crippen LogP contribution in [-0.4, -0.2) is 19.9 Å². The molecule has 0 unspecified atom stereocenters. The minimum absolute atomic E-state index is 0. The molecule has 1 N–H and O–H groups in total. The highest BCUT2D eigenvalue weighted by molar-refractivity contribution is 5.85. The molecule has 1 aromatic carbocycles. The molecule has 3 nitrogen and oxygen atoms in total. The lowest BCUT2D eigenvalue weighted by Crippen LogP contribution is -2.19. The Morgan fingerprint density at radius 3 is 2.81 bits per heavy atom. The van der Waals surface area contributed by atoms with Gasteiger partial charge >= 0.3 is 0 Å². The van der Waals surface area contributed by atoms with Crippen molar-refractivity contribution in [1.82, 2.24) is 5.32 Å². The highest BCUT2D eigenvalue weighted by atomic mass is 35.5. The third kappa shape index (κ3) is 2.01. The minimum atomic E-state index is 0. The molecule has 0 aliphatic carbocycles. The molecule has 2 heterocycles. The first kappa shape index (κ1) is 11.3. The molecular weight excluding hydrogens is 226 g/mol. The van der Waals surface area contributed by atoms with Crippen molar-refractivity contribution in [3.05, 3.63) is 29.8 Å². The van der Waals surface area contributed by atoms with E-state index in [4.69, 9.17) is 9.47 Å². The van der Waals surface area contributed by atoms with Crippen LogP contribution in [0.2, 0.25) is 0 Å². The molecule has 1 aromatic rings. The van der Waals surface area contributed by atoms with Gasteiger partial charge in [-0.2, -0.15) is 0 Å². The summed E-state index contributed by atoms with van der Waals surface area (Å²) < 4.78 is 10.7. The van der Waals surface area contributed by atoms with Crippen molar-refractivity contribution in [2.45, 2.75) is 6.42 Å². The molecule has 0 saturated heterocycles. The monoisotopic (exact) mass is 239 g/mol. The van der Waals surface area contributed by atoms with E-state index in [0.29, 0.717) is 6.79 Å². The van der Waals surface area contributed by atoms with Crippen molar-refractivity contribution in [3.8, 4) is 11.5 Å². The average molecular weight is 240 g/mol. The number of hydrogen-bond donors (Lipinski definition) is 1. The van der Waals surface area contributed by atoms with Crippen LogP contribution < -0.4 is 14.8 Å². The van der Waals surface area contributed by atoms with Crippen LogP contribution in [-0.2, 0) is 0 Å². The summed E-state index contributed by atoms with van der Waals surface area (Å²) in [7, 11) is 0. The van der Waals surface area contributed by atoms with Gasteiger partial charge in [-0.1, -0.05) is 12.1 Å². The summed E-state index contributed by atoms with van der Waals surface area (Å²) in [6.45, 7) is 2.36. The second kappa shape index (κ2) is 4.76. The molecule has 16 heavy (non-hydrogen) atoms. The van der Waals surface area contributed by atoms with E-state index in [1.807, 2.05) is 6.07 Å². The van der Waals surface area contributed by atoms with Gasteiger partial charge in [-0.15, -0.1) is 12.4 Å². The quantitative estimate of drug-likeness (QED) is 0.815. The average Bonchev–Trinajstić information content (AvgIpc) is 2.77. The normalized spacial score (nSPS) is 17.6. The van der Waals surface area contributed by atoms with Gasteiger partial charge in [0.2, 0.25) is 6.79 Å². The summed E-state index contributed by atoms with van der Waals surface area (Å²) >= 11 is 0. The molecule has 0 atom stereocenters. The van der Waals surface area contributed by atoms with Crippen LogP contribution in [0.5, 0.6) is 11.5 Å². The highest BCUT2D eigenvalue weighted by Crippen LogP contribution is 2.35. The largest absolute Gasteiger partial charge is 0.454 e. The molecule has 2 aliphatic rings. The maximum Gasteiger partial charge on any atom is 0.231 e. The maximum absolute atomic E-state index is 5.36. The van der Waals surface area contributed by atoms with E-state index >= 15 is 0 Å². The lowest BCUT2D eigenvalue weighted by Gasteiger charge is -2.14. The number of halogens is 1. The molecule has 86 valence electrons. The topological polar surface area (TPSA) is 30.5 Å². The van der Waals surface area contributed by atoms with Crippen molar-refractivity contribution < 1.29 is 9.47 Å². The molecule has 0 saturated carbocycles. The molecule has 3 rings (SSSR count). The molecular formula is C12H14ClNO2. The van der Waals surface area contributed by atoms with E-state index in [9.17, 15) is 0 Å². The summed E-state index contributed by atoms with van der Waals surface area (Å²) in [6, 6.07) is 6.16. The van der Waals surface area contributed by atoms with E-state index in [1.54, 1.807) is 0 Å². The molecule has 0 amide bonds. The molecule has 0 bridgehead atoms. The Morgan fingerprint density at radius 1 is 1.12 bits per heavy atom. The number of nitrogens with one attached hydrogen (secondary N) is 1. The smallest absolute Gasteiger partial charge is 0.231 e. The summed E-state index contributed by atoms with van der Waals surface area (Å²) in [5, 5.41) is 3.30. The summed E-state index contributed by atoms with van der Waals surface area (Å²) in [5.41, 5.74) is 2.65. The molecule has 0 spiro atoms. The van der Waals surface area contributed by atoms with Gasteiger partial charge in [-0.25, -0.2) is 0 Å². The lowest BCUT2D eigenvalue weighted by molar-refractivity contribution is 0.174. The Balaban J connectivity index is 0.000000963. The highest BCUT2D eigenvalue weighted by Gasteiger charge is 2.15. The Morgan fingerprint density at radius 2 is 2.00 bits per heavy atom. The SMILES string of the molecule is C1=C(c2ccc3c(c2)OCO3)CCNC1.Cl. The van der Waals surface area contributed by atoms with Crippen molar-refractivity contribution >= 4 is 18.0 Å². The van der Waals surface area contributed by atoms with Gasteiger partial charge in [-0.05, 0) is 36.2 Å². The van der Waals surface area contributed by atoms with E-state index in [2.05, 4.69) is 23.5 Å². The predicted octanol–water partition coefficient (Wildman–Crippen LogP) is 2.21. The Bertz CT molecular complexity index is 417. The van der Waals surface area contributed by atoms with Crippen molar-refractivity contribution in [3.63, 3.8) is 0 Å². The van der Waals surface area contributed by atoms with Crippen LogP contribution in [0.4, 0.5) is 0 Å². The zero-order valence-corrected chi connectivity index (χ0v) is 9.68. The Labute approximate surface area is 101 Å². The molecule has 0 radical (unpaired) electrons. The van der Waals surface area contributed by atoms with E-state index in [1.165, 1.54) is 11.1 Å². The fourth-order valence-electron chi connectivity index (χ4n) is 1.98. The zero-order valence-electron chi connectivity index (χ0n) is 8.86. The molecule has 4 heteroatoms. The third-order valence-electron chi connectivity index (χ3n) is 2.81. The number of benzene rings is 1. The number of rotatable bonds is 1. The van der Waals surface area contributed by atoms with Gasteiger partial charge < -0.3 is 14.8 Å². The van der Waals surface area contributed by atoms with Crippen molar-refractivity contribution in [2.24, 2.45) is 0 Å². The molecule has 2 aliphatic heterocycles. The van der Waals surface area contributed by atoms with Gasteiger partial charge in [-0.3, -0.25) is 0 Å². The number of hydrogen-bond acceptors (Lipinski definition) is 3. The summed E-state index contributed by atoms with van der Waals surface area (Å²) in [4.78, 5) is 0. The maximum atomic E-state index is 5.36. The number of fused-ring (bicyclic) bond motifs is 1. The Hall–Kier alpha value is -1.19. The van der Waals surface area contributed by atoms with Crippen LogP contribution >= 0.6 is 12.4 Å². The van der Waals surface area contributed by atoms with Gasteiger partial charge in [0.25, 0.3) is 0 Å². The first-order valence-corrected chi connectivity index (χ1v) is 5.23. The van der Waals surface area contributed by atoms with E-state index < -0.39 is 0 Å². The van der Waals surface area contributed by atoms with E-state index in [0.717, 1.165) is 31.0 Å². The van der Waals surface area contributed by atoms with Crippen LogP contribution in [0.15, 0.2) is 24.3 Å². The summed E-state index contributed by atoms with van der Waals surface area (Å²) in [6.07, 6.45) is 3.32. The first-order valence-electron chi connectivity index (χ1n) is 5.23. The molecule has 0 fully saturated rings. The molecule has 0 aromatic heterocycles. The van der Waals surface area contributed by atoms with Crippen molar-refractivity contribution in [2.75, 3.05) is 19.9 Å². The summed E-state index contributed by atoms with van der Waals surface area (Å²) in [5.74, 6) is 1.72. The lowest BCUT2D eigenvalue weighted by atomic mass is 10.00. The standard InChI is InChI=1S/C12H13NO2.ClH/c1-2-11-12(15-8-14-11)7-10(1)9-3-5-13-6-4-9;/h1-3,7,13H,4-6,8H2;1H. The van der Waals surface area contributed by atoms with Gasteiger partial charge in [0.05, 0.1) is 0 Å². The third-order valence-corrected chi connectivity index (χ3v) is 2.81. The zero-order chi connectivity index (χ0) is 10.1. The van der Waals surface area contributed by atoms with Crippen molar-refractivity contribution in [1.29, 1.82) is 0 Å².